The minimum Gasteiger partial charge on any atom is -0.366 e. The molecular weight excluding hydrogens is 262 g/mol. The van der Waals surface area contributed by atoms with Crippen LogP contribution in [-0.4, -0.2) is 26.1 Å². The van der Waals surface area contributed by atoms with E-state index in [1.807, 2.05) is 23.6 Å². The molecule has 0 aliphatic carbocycles. The highest BCUT2D eigenvalue weighted by Crippen LogP contribution is 2.23. The van der Waals surface area contributed by atoms with Gasteiger partial charge in [0.1, 0.15) is 5.82 Å². The lowest BCUT2D eigenvalue weighted by molar-refractivity contribution is 0.556. The summed E-state index contributed by atoms with van der Waals surface area (Å²) in [6.07, 6.45) is 3.64. The minimum atomic E-state index is 0.00480. The number of hydrogen-bond acceptors (Lipinski definition) is 4. The smallest absolute Gasteiger partial charge is 0.203 e. The van der Waals surface area contributed by atoms with Crippen LogP contribution >= 0.6 is 0 Å². The molecule has 0 spiro atoms. The molecule has 2 heterocycles. The van der Waals surface area contributed by atoms with E-state index in [0.29, 0.717) is 0 Å². The Morgan fingerprint density at radius 3 is 2.67 bits per heavy atom. The second kappa shape index (κ2) is 5.16. The van der Waals surface area contributed by atoms with Crippen LogP contribution in [0.4, 0.5) is 5.82 Å². The third kappa shape index (κ3) is 2.59. The molecule has 0 radical (unpaired) electrons. The largest absolute Gasteiger partial charge is 0.366 e. The maximum absolute atomic E-state index is 4.38. The molecular formula is C16H19N5. The Balaban J connectivity index is 1.83. The average Bonchev–Trinajstić information content (AvgIpc) is 2.88. The number of benzene rings is 1. The fourth-order valence-corrected chi connectivity index (χ4v) is 2.36. The summed E-state index contributed by atoms with van der Waals surface area (Å²) >= 11 is 0. The van der Waals surface area contributed by atoms with Gasteiger partial charge in [-0.3, -0.25) is 4.40 Å². The molecule has 0 bridgehead atoms. The predicted octanol–water partition coefficient (Wildman–Crippen LogP) is 2.82. The molecule has 1 N–H and O–H groups in total. The first-order chi connectivity index (χ1) is 10.1. The topological polar surface area (TPSA) is 55.1 Å². The fourth-order valence-electron chi connectivity index (χ4n) is 2.36. The van der Waals surface area contributed by atoms with Crippen LogP contribution in [-0.2, 0) is 5.41 Å². The summed E-state index contributed by atoms with van der Waals surface area (Å²) in [5.41, 5.74) is 2.06. The van der Waals surface area contributed by atoms with Gasteiger partial charge in [0.25, 0.3) is 0 Å². The Labute approximate surface area is 124 Å². The zero-order valence-electron chi connectivity index (χ0n) is 12.5. The van der Waals surface area contributed by atoms with Crippen molar-refractivity contribution >= 4 is 11.5 Å². The molecule has 0 fully saturated rings. The van der Waals surface area contributed by atoms with E-state index in [2.05, 4.69) is 58.6 Å². The lowest BCUT2D eigenvalue weighted by Gasteiger charge is -2.25. The van der Waals surface area contributed by atoms with E-state index in [0.717, 1.165) is 23.8 Å². The molecule has 0 aliphatic rings. The Kier molecular flexibility index (Phi) is 3.33. The summed E-state index contributed by atoms with van der Waals surface area (Å²) in [7, 11) is 0. The van der Waals surface area contributed by atoms with Crippen molar-refractivity contribution in [3.05, 3.63) is 54.1 Å². The van der Waals surface area contributed by atoms with Gasteiger partial charge in [-0.05, 0) is 12.5 Å². The van der Waals surface area contributed by atoms with Crippen molar-refractivity contribution in [1.82, 2.24) is 19.6 Å². The Bertz CT molecular complexity index is 746. The van der Waals surface area contributed by atoms with Crippen molar-refractivity contribution in [1.29, 1.82) is 0 Å². The van der Waals surface area contributed by atoms with E-state index in [4.69, 9.17) is 0 Å². The number of anilines is 1. The number of nitrogens with one attached hydrogen (secondary N) is 1. The van der Waals surface area contributed by atoms with Gasteiger partial charge in [-0.25, -0.2) is 4.98 Å². The van der Waals surface area contributed by atoms with Gasteiger partial charge in [-0.15, -0.1) is 10.2 Å². The molecule has 21 heavy (non-hydrogen) atoms. The second-order valence-electron chi connectivity index (χ2n) is 5.82. The van der Waals surface area contributed by atoms with Gasteiger partial charge in [0, 0.05) is 24.4 Å². The summed E-state index contributed by atoms with van der Waals surface area (Å²) < 4.78 is 1.94. The summed E-state index contributed by atoms with van der Waals surface area (Å²) in [4.78, 5) is 4.38. The molecule has 5 heteroatoms. The Morgan fingerprint density at radius 2 is 1.90 bits per heavy atom. The van der Waals surface area contributed by atoms with E-state index < -0.39 is 0 Å². The molecule has 2 aromatic heterocycles. The number of nitrogens with zero attached hydrogens (tertiary/aromatic N) is 4. The first-order valence-electron chi connectivity index (χ1n) is 7.04. The first-order valence-corrected chi connectivity index (χ1v) is 7.04. The molecule has 0 unspecified atom stereocenters. The van der Waals surface area contributed by atoms with Crippen molar-refractivity contribution < 1.29 is 0 Å². The number of aryl methyl sites for hydroxylation is 1. The maximum Gasteiger partial charge on any atom is 0.203 e. The van der Waals surface area contributed by atoms with Gasteiger partial charge in [-0.2, -0.15) is 0 Å². The van der Waals surface area contributed by atoms with Crippen LogP contribution in [0.3, 0.4) is 0 Å². The van der Waals surface area contributed by atoms with E-state index in [-0.39, 0.29) is 5.41 Å². The average molecular weight is 281 g/mol. The quantitative estimate of drug-likeness (QED) is 0.799. The Morgan fingerprint density at radius 1 is 1.14 bits per heavy atom. The van der Waals surface area contributed by atoms with Crippen molar-refractivity contribution in [2.75, 3.05) is 11.9 Å². The summed E-state index contributed by atoms with van der Waals surface area (Å²) in [5.74, 6) is 1.62. The highest BCUT2D eigenvalue weighted by molar-refractivity contribution is 5.62. The van der Waals surface area contributed by atoms with Crippen molar-refractivity contribution in [3.8, 4) is 0 Å². The van der Waals surface area contributed by atoms with Gasteiger partial charge in [0.05, 0.1) is 0 Å². The van der Waals surface area contributed by atoms with E-state index >= 15 is 0 Å². The SMILES string of the molecule is Cc1nnc2c(NCC(C)(C)c3ccccc3)nccn12. The molecule has 0 aliphatic heterocycles. The Hall–Kier alpha value is -2.43. The molecule has 3 rings (SSSR count). The third-order valence-corrected chi connectivity index (χ3v) is 3.75. The van der Waals surface area contributed by atoms with Crippen LogP contribution in [0, 0.1) is 6.92 Å². The number of fused-ring (bicyclic) bond motifs is 1. The normalized spacial score (nSPS) is 11.8. The van der Waals surface area contributed by atoms with Crippen LogP contribution in [0.5, 0.6) is 0 Å². The number of hydrogen-bond donors (Lipinski definition) is 1. The summed E-state index contributed by atoms with van der Waals surface area (Å²) in [6.45, 7) is 7.13. The third-order valence-electron chi connectivity index (χ3n) is 3.75. The van der Waals surface area contributed by atoms with Crippen LogP contribution in [0.2, 0.25) is 0 Å². The van der Waals surface area contributed by atoms with Gasteiger partial charge in [0.2, 0.25) is 5.65 Å². The van der Waals surface area contributed by atoms with Crippen molar-refractivity contribution in [3.63, 3.8) is 0 Å². The standard InChI is InChI=1S/C16H19N5/c1-12-19-20-15-14(17-9-10-21(12)15)18-11-16(2,3)13-7-5-4-6-8-13/h4-10H,11H2,1-3H3,(H,17,18). The van der Waals surface area contributed by atoms with Crippen LogP contribution in [0.25, 0.3) is 5.65 Å². The zero-order valence-corrected chi connectivity index (χ0v) is 12.5. The molecule has 5 nitrogen and oxygen atoms in total. The molecule has 108 valence electrons. The van der Waals surface area contributed by atoms with E-state index in [1.165, 1.54) is 5.56 Å². The molecule has 0 saturated heterocycles. The number of aromatic nitrogens is 4. The first kappa shape index (κ1) is 13.5. The van der Waals surface area contributed by atoms with Crippen molar-refractivity contribution in [2.24, 2.45) is 0 Å². The zero-order chi connectivity index (χ0) is 14.9. The lowest BCUT2D eigenvalue weighted by Crippen LogP contribution is -2.28. The van der Waals surface area contributed by atoms with Gasteiger partial charge < -0.3 is 5.32 Å². The van der Waals surface area contributed by atoms with Crippen LogP contribution in [0.15, 0.2) is 42.7 Å². The lowest BCUT2D eigenvalue weighted by atomic mass is 9.85. The van der Waals surface area contributed by atoms with Crippen molar-refractivity contribution in [2.45, 2.75) is 26.2 Å². The van der Waals surface area contributed by atoms with Gasteiger partial charge in [0.15, 0.2) is 5.82 Å². The van der Waals surface area contributed by atoms with Gasteiger partial charge >= 0.3 is 0 Å². The van der Waals surface area contributed by atoms with E-state index in [1.54, 1.807) is 6.20 Å². The maximum atomic E-state index is 4.38. The molecule has 0 atom stereocenters. The van der Waals surface area contributed by atoms with Crippen LogP contribution in [0.1, 0.15) is 25.2 Å². The predicted molar refractivity (Wildman–Crippen MR) is 83.5 cm³/mol. The summed E-state index contributed by atoms with van der Waals surface area (Å²) in [5, 5.41) is 11.7. The monoisotopic (exact) mass is 281 g/mol. The minimum absolute atomic E-state index is 0.00480. The highest BCUT2D eigenvalue weighted by Gasteiger charge is 2.21. The summed E-state index contributed by atoms with van der Waals surface area (Å²) in [6, 6.07) is 10.5. The highest BCUT2D eigenvalue weighted by atomic mass is 15.3. The van der Waals surface area contributed by atoms with Crippen LogP contribution < -0.4 is 5.32 Å². The van der Waals surface area contributed by atoms with E-state index in [9.17, 15) is 0 Å². The fraction of sp³-hybridized carbons (Fsp3) is 0.312. The molecule has 1 aromatic carbocycles. The van der Waals surface area contributed by atoms with Gasteiger partial charge in [-0.1, -0.05) is 44.2 Å². The molecule has 0 amide bonds. The molecule has 0 saturated carbocycles. The number of rotatable bonds is 4. The molecule has 3 aromatic rings. The second-order valence-corrected chi connectivity index (χ2v) is 5.82.